The molecule has 1 aromatic carbocycles. The first-order valence-corrected chi connectivity index (χ1v) is 9.44. The van der Waals surface area contributed by atoms with Crippen LogP contribution in [0.5, 0.6) is 5.75 Å². The first-order chi connectivity index (χ1) is 13.1. The van der Waals surface area contributed by atoms with Gasteiger partial charge in [0.15, 0.2) is 11.5 Å². The van der Waals surface area contributed by atoms with Crippen LogP contribution in [0.1, 0.15) is 34.7 Å². The largest absolute Gasteiger partial charge is 0.488 e. The predicted octanol–water partition coefficient (Wildman–Crippen LogP) is 1.71. The zero-order valence-corrected chi connectivity index (χ0v) is 15.5. The van der Waals surface area contributed by atoms with Crippen LogP contribution in [-0.4, -0.2) is 64.9 Å². The number of nitrogens with zero attached hydrogens (tertiary/aromatic N) is 3. The highest BCUT2D eigenvalue weighted by Crippen LogP contribution is 2.28. The highest BCUT2D eigenvalue weighted by atomic mass is 16.5. The second-order valence-corrected chi connectivity index (χ2v) is 7.42. The Morgan fingerprint density at radius 3 is 2.89 bits per heavy atom. The molecule has 7 heteroatoms. The van der Waals surface area contributed by atoms with E-state index in [0.29, 0.717) is 24.5 Å². The van der Waals surface area contributed by atoms with Gasteiger partial charge in [-0.3, -0.25) is 9.69 Å². The van der Waals surface area contributed by atoms with Crippen molar-refractivity contribution in [3.05, 3.63) is 47.3 Å². The number of ether oxygens (including phenoxy) is 1. The van der Waals surface area contributed by atoms with Crippen molar-refractivity contribution in [2.75, 3.05) is 26.7 Å². The van der Waals surface area contributed by atoms with E-state index in [-0.39, 0.29) is 18.1 Å². The van der Waals surface area contributed by atoms with Crippen LogP contribution in [0.3, 0.4) is 0 Å². The molecular weight excluding hydrogens is 346 g/mol. The molecule has 4 rings (SSSR count). The van der Waals surface area contributed by atoms with Crippen molar-refractivity contribution in [3.63, 3.8) is 0 Å². The Morgan fingerprint density at radius 2 is 2.11 bits per heavy atom. The number of likely N-dealkylation sites (N-methyl/N-ethyl adjacent to an activating group) is 1. The second-order valence-electron chi connectivity index (χ2n) is 7.42. The minimum Gasteiger partial charge on any atom is -0.488 e. The van der Waals surface area contributed by atoms with E-state index in [2.05, 4.69) is 16.1 Å². The molecule has 0 radical (unpaired) electrons. The van der Waals surface area contributed by atoms with E-state index in [9.17, 15) is 9.90 Å². The van der Waals surface area contributed by atoms with Crippen LogP contribution in [0.4, 0.5) is 0 Å². The van der Waals surface area contributed by atoms with Gasteiger partial charge in [-0.05, 0) is 24.5 Å². The number of likely N-dealkylation sites (tertiary alicyclic amines) is 1. The number of amides is 1. The number of benzene rings is 1. The Balaban J connectivity index is 1.31. The van der Waals surface area contributed by atoms with Gasteiger partial charge in [-0.25, -0.2) is 0 Å². The van der Waals surface area contributed by atoms with Crippen molar-refractivity contribution >= 4 is 5.91 Å². The maximum absolute atomic E-state index is 12.7. The molecule has 0 spiro atoms. The van der Waals surface area contributed by atoms with Gasteiger partial charge in [0.05, 0.1) is 19.2 Å². The number of hydrogen-bond acceptors (Lipinski definition) is 6. The number of aromatic nitrogens is 1. The molecule has 7 nitrogen and oxygen atoms in total. The molecule has 0 aliphatic carbocycles. The molecule has 2 aromatic rings. The lowest BCUT2D eigenvalue weighted by Gasteiger charge is -2.28. The van der Waals surface area contributed by atoms with Crippen LogP contribution < -0.4 is 4.74 Å². The topological polar surface area (TPSA) is 79.0 Å². The van der Waals surface area contributed by atoms with E-state index >= 15 is 0 Å². The number of aliphatic hydroxyl groups is 1. The Kier molecular flexibility index (Phi) is 5.13. The molecule has 1 fully saturated rings. The van der Waals surface area contributed by atoms with E-state index in [4.69, 9.17) is 9.26 Å². The number of para-hydroxylation sites is 1. The molecule has 0 saturated carbocycles. The quantitative estimate of drug-likeness (QED) is 0.862. The molecule has 27 heavy (non-hydrogen) atoms. The lowest BCUT2D eigenvalue weighted by molar-refractivity contribution is 0.0715. The summed E-state index contributed by atoms with van der Waals surface area (Å²) in [6.45, 7) is 2.76. The zero-order chi connectivity index (χ0) is 18.8. The number of carbonyl (C=O) groups excluding carboxylic acids is 1. The van der Waals surface area contributed by atoms with E-state index in [1.165, 1.54) is 5.56 Å². The molecule has 1 amide bonds. The molecule has 1 N–H and O–H groups in total. The van der Waals surface area contributed by atoms with Crippen LogP contribution in [0.15, 0.2) is 34.9 Å². The third-order valence-corrected chi connectivity index (χ3v) is 5.25. The van der Waals surface area contributed by atoms with Crippen molar-refractivity contribution < 1.29 is 19.2 Å². The van der Waals surface area contributed by atoms with Crippen molar-refractivity contribution in [3.8, 4) is 5.75 Å². The van der Waals surface area contributed by atoms with Crippen LogP contribution in [-0.2, 0) is 13.0 Å². The molecular formula is C20H25N3O4. The Labute approximate surface area is 158 Å². The van der Waals surface area contributed by atoms with Crippen molar-refractivity contribution in [2.24, 2.45) is 0 Å². The van der Waals surface area contributed by atoms with Gasteiger partial charge in [0.2, 0.25) is 0 Å². The van der Waals surface area contributed by atoms with Crippen molar-refractivity contribution in [1.82, 2.24) is 15.0 Å². The fraction of sp³-hybridized carbons (Fsp3) is 0.500. The molecule has 1 saturated heterocycles. The first kappa shape index (κ1) is 18.0. The number of fused-ring (bicyclic) bond motifs is 1. The molecule has 3 heterocycles. The van der Waals surface area contributed by atoms with Gasteiger partial charge in [0.1, 0.15) is 11.9 Å². The number of carbonyl (C=O) groups is 1. The SMILES string of the molecule is CN(CC1Cc2ccccc2O1)C(=O)c1cc(CN2CCC(O)CC2)on1. The van der Waals surface area contributed by atoms with Crippen LogP contribution in [0.25, 0.3) is 0 Å². The van der Waals surface area contributed by atoms with E-state index < -0.39 is 0 Å². The normalized spacial score (nSPS) is 20.3. The van der Waals surface area contributed by atoms with Gasteiger partial charge >= 0.3 is 0 Å². The Morgan fingerprint density at radius 1 is 1.33 bits per heavy atom. The standard InChI is InChI=1S/C20H25N3O4/c1-22(12-16-10-14-4-2-3-5-19(14)26-16)20(25)18-11-17(27-21-18)13-23-8-6-15(24)7-9-23/h2-5,11,15-16,24H,6-10,12-13H2,1H3. The maximum Gasteiger partial charge on any atom is 0.275 e. The summed E-state index contributed by atoms with van der Waals surface area (Å²) in [7, 11) is 1.76. The summed E-state index contributed by atoms with van der Waals surface area (Å²) in [6.07, 6.45) is 2.10. The fourth-order valence-corrected chi connectivity index (χ4v) is 3.73. The van der Waals surface area contributed by atoms with Gasteiger partial charge in [0.25, 0.3) is 5.91 Å². The summed E-state index contributed by atoms with van der Waals surface area (Å²) in [5.74, 6) is 1.41. The third-order valence-electron chi connectivity index (χ3n) is 5.25. The average molecular weight is 371 g/mol. The third kappa shape index (κ3) is 4.14. The zero-order valence-electron chi connectivity index (χ0n) is 15.5. The minimum atomic E-state index is -0.203. The smallest absolute Gasteiger partial charge is 0.275 e. The molecule has 2 aliphatic heterocycles. The van der Waals surface area contributed by atoms with Gasteiger partial charge < -0.3 is 19.3 Å². The fourth-order valence-electron chi connectivity index (χ4n) is 3.73. The summed E-state index contributed by atoms with van der Waals surface area (Å²) in [6, 6.07) is 9.69. The highest BCUT2D eigenvalue weighted by molar-refractivity contribution is 5.92. The van der Waals surface area contributed by atoms with Crippen molar-refractivity contribution in [2.45, 2.75) is 38.0 Å². The van der Waals surface area contributed by atoms with Gasteiger partial charge in [-0.1, -0.05) is 23.4 Å². The molecule has 1 aromatic heterocycles. The van der Waals surface area contributed by atoms with Gasteiger partial charge in [-0.2, -0.15) is 0 Å². The first-order valence-electron chi connectivity index (χ1n) is 9.44. The van der Waals surface area contributed by atoms with E-state index in [0.717, 1.165) is 38.1 Å². The summed E-state index contributed by atoms with van der Waals surface area (Å²) < 4.78 is 11.3. The highest BCUT2D eigenvalue weighted by Gasteiger charge is 2.27. The predicted molar refractivity (Wildman–Crippen MR) is 98.5 cm³/mol. The number of rotatable bonds is 5. The lowest BCUT2D eigenvalue weighted by atomic mass is 10.1. The maximum atomic E-state index is 12.7. The molecule has 2 aliphatic rings. The number of piperidine rings is 1. The van der Waals surface area contributed by atoms with Gasteiger partial charge in [-0.15, -0.1) is 0 Å². The Hall–Kier alpha value is -2.38. The molecule has 1 atom stereocenters. The lowest BCUT2D eigenvalue weighted by Crippen LogP contribution is -2.36. The molecule has 1 unspecified atom stereocenters. The monoisotopic (exact) mass is 371 g/mol. The summed E-state index contributed by atoms with van der Waals surface area (Å²) in [4.78, 5) is 16.5. The summed E-state index contributed by atoms with van der Waals surface area (Å²) in [5.41, 5.74) is 1.50. The number of aliphatic hydroxyl groups excluding tert-OH is 1. The van der Waals surface area contributed by atoms with Gasteiger partial charge in [0, 0.05) is 32.6 Å². The molecule has 144 valence electrons. The number of hydrogen-bond donors (Lipinski definition) is 1. The summed E-state index contributed by atoms with van der Waals surface area (Å²) >= 11 is 0. The van der Waals surface area contributed by atoms with E-state index in [1.54, 1.807) is 18.0 Å². The Bertz CT molecular complexity index is 773. The van der Waals surface area contributed by atoms with Crippen LogP contribution in [0.2, 0.25) is 0 Å². The summed E-state index contributed by atoms with van der Waals surface area (Å²) in [5, 5.41) is 13.5. The second kappa shape index (κ2) is 7.70. The average Bonchev–Trinajstić information content (AvgIpc) is 3.29. The minimum absolute atomic E-state index is 0.0394. The van der Waals surface area contributed by atoms with Crippen LogP contribution >= 0.6 is 0 Å². The van der Waals surface area contributed by atoms with Crippen LogP contribution in [0, 0.1) is 0 Å². The van der Waals surface area contributed by atoms with Crippen molar-refractivity contribution in [1.29, 1.82) is 0 Å². The molecule has 0 bridgehead atoms. The van der Waals surface area contributed by atoms with E-state index in [1.807, 2.05) is 18.2 Å².